The molecule has 0 fully saturated rings. The lowest BCUT2D eigenvalue weighted by Gasteiger charge is -2.25. The highest BCUT2D eigenvalue weighted by Crippen LogP contribution is 2.29. The summed E-state index contributed by atoms with van der Waals surface area (Å²) in [7, 11) is 0. The summed E-state index contributed by atoms with van der Waals surface area (Å²) in [5, 5.41) is 9.56. The lowest BCUT2D eigenvalue weighted by molar-refractivity contribution is 0.201. The zero-order chi connectivity index (χ0) is 13.1. The zero-order valence-electron chi connectivity index (χ0n) is 11.2. The molecule has 0 aliphatic rings. The number of thioether (sulfide) groups is 1. The number of nitrogens with two attached hydrogens (primary N) is 1. The average molecular weight is 253 g/mol. The van der Waals surface area contributed by atoms with Crippen LogP contribution in [0.25, 0.3) is 0 Å². The Morgan fingerprint density at radius 3 is 2.53 bits per heavy atom. The Hall–Kier alpha value is -0.510. The van der Waals surface area contributed by atoms with Gasteiger partial charge in [-0.1, -0.05) is 13.0 Å². The maximum Gasteiger partial charge on any atom is 0.0608 e. The molecule has 0 aliphatic heterocycles. The van der Waals surface area contributed by atoms with Gasteiger partial charge in [-0.25, -0.2) is 0 Å². The molecule has 96 valence electrons. The highest BCUT2D eigenvalue weighted by Gasteiger charge is 2.21. The molecule has 0 radical (unpaired) electrons. The molecule has 0 bridgehead atoms. The second kappa shape index (κ2) is 5.89. The highest BCUT2D eigenvalue weighted by molar-refractivity contribution is 7.99. The van der Waals surface area contributed by atoms with E-state index in [2.05, 4.69) is 39.0 Å². The molecule has 0 saturated heterocycles. The summed E-state index contributed by atoms with van der Waals surface area (Å²) < 4.78 is 0. The summed E-state index contributed by atoms with van der Waals surface area (Å²) in [5.41, 5.74) is 8.12. The van der Waals surface area contributed by atoms with E-state index in [0.29, 0.717) is 5.25 Å². The summed E-state index contributed by atoms with van der Waals surface area (Å²) in [6.07, 6.45) is 0.807. The molecule has 0 heterocycles. The molecule has 3 heteroatoms. The molecule has 1 aromatic carbocycles. The van der Waals surface area contributed by atoms with Gasteiger partial charge in [0.05, 0.1) is 6.61 Å². The number of aliphatic hydroxyl groups is 1. The smallest absolute Gasteiger partial charge is 0.0608 e. The van der Waals surface area contributed by atoms with E-state index in [-0.39, 0.29) is 6.61 Å². The molecule has 0 spiro atoms. The molecule has 1 rings (SSSR count). The van der Waals surface area contributed by atoms with Crippen LogP contribution in [0, 0.1) is 13.8 Å². The maximum absolute atomic E-state index is 9.16. The van der Waals surface area contributed by atoms with E-state index in [4.69, 9.17) is 10.8 Å². The number of rotatable bonds is 5. The minimum absolute atomic E-state index is 0.0326. The quantitative estimate of drug-likeness (QED) is 0.793. The van der Waals surface area contributed by atoms with Crippen LogP contribution in [-0.4, -0.2) is 22.5 Å². The Morgan fingerprint density at radius 1 is 1.35 bits per heavy atom. The van der Waals surface area contributed by atoms with Gasteiger partial charge in [0, 0.05) is 15.7 Å². The van der Waals surface area contributed by atoms with Crippen molar-refractivity contribution in [1.29, 1.82) is 0 Å². The van der Waals surface area contributed by atoms with Crippen molar-refractivity contribution in [1.82, 2.24) is 0 Å². The van der Waals surface area contributed by atoms with Crippen molar-refractivity contribution in [2.45, 2.75) is 49.8 Å². The van der Waals surface area contributed by atoms with Crippen LogP contribution in [0.4, 0.5) is 0 Å². The largest absolute Gasteiger partial charge is 0.394 e. The first-order valence-corrected chi connectivity index (χ1v) is 6.86. The third kappa shape index (κ3) is 4.70. The fraction of sp³-hybridized carbons (Fsp3) is 0.571. The van der Waals surface area contributed by atoms with Crippen LogP contribution in [0.1, 0.15) is 31.4 Å². The molecule has 0 aliphatic carbocycles. The van der Waals surface area contributed by atoms with Gasteiger partial charge in [-0.15, -0.1) is 11.8 Å². The Balaban J connectivity index is 2.62. The number of aryl methyl sites for hydroxylation is 2. The molecular formula is C14H23NOS. The fourth-order valence-electron chi connectivity index (χ4n) is 1.78. The van der Waals surface area contributed by atoms with E-state index in [9.17, 15) is 0 Å². The molecule has 0 saturated carbocycles. The first kappa shape index (κ1) is 14.6. The Bertz CT molecular complexity index is 376. The predicted molar refractivity (Wildman–Crippen MR) is 75.5 cm³/mol. The Kier molecular flexibility index (Phi) is 5.04. The SMILES string of the molecule is Cc1ccc(SC(C)CC(C)(N)CO)cc1C. The molecule has 0 amide bonds. The Morgan fingerprint density at radius 2 is 2.00 bits per heavy atom. The van der Waals surface area contributed by atoms with E-state index >= 15 is 0 Å². The van der Waals surface area contributed by atoms with Crippen molar-refractivity contribution in [2.75, 3.05) is 6.61 Å². The first-order chi connectivity index (χ1) is 7.84. The van der Waals surface area contributed by atoms with Crippen molar-refractivity contribution >= 4 is 11.8 Å². The highest BCUT2D eigenvalue weighted by atomic mass is 32.2. The summed E-state index contributed by atoms with van der Waals surface area (Å²) in [4.78, 5) is 1.27. The summed E-state index contributed by atoms with van der Waals surface area (Å²) >= 11 is 1.82. The molecule has 1 aromatic rings. The molecular weight excluding hydrogens is 230 g/mol. The molecule has 0 aromatic heterocycles. The van der Waals surface area contributed by atoms with Gasteiger partial charge in [0.2, 0.25) is 0 Å². The fourth-order valence-corrected chi connectivity index (χ4v) is 3.10. The van der Waals surface area contributed by atoms with E-state index in [1.54, 1.807) is 0 Å². The lowest BCUT2D eigenvalue weighted by atomic mass is 9.99. The second-order valence-corrected chi connectivity index (χ2v) is 6.70. The van der Waals surface area contributed by atoms with Crippen molar-refractivity contribution in [3.63, 3.8) is 0 Å². The number of hydrogen-bond donors (Lipinski definition) is 2. The van der Waals surface area contributed by atoms with Crippen molar-refractivity contribution in [2.24, 2.45) is 5.73 Å². The summed E-state index contributed by atoms with van der Waals surface area (Å²) in [5.74, 6) is 0. The van der Waals surface area contributed by atoms with E-state index in [0.717, 1.165) is 6.42 Å². The monoisotopic (exact) mass is 253 g/mol. The first-order valence-electron chi connectivity index (χ1n) is 5.98. The Labute approximate surface area is 109 Å². The van der Waals surface area contributed by atoms with Gasteiger partial charge in [-0.3, -0.25) is 0 Å². The van der Waals surface area contributed by atoms with Crippen molar-refractivity contribution in [3.8, 4) is 0 Å². The van der Waals surface area contributed by atoms with Gasteiger partial charge in [-0.05, 0) is 50.5 Å². The van der Waals surface area contributed by atoms with Crippen LogP contribution in [0.5, 0.6) is 0 Å². The van der Waals surface area contributed by atoms with E-state index in [1.165, 1.54) is 16.0 Å². The minimum Gasteiger partial charge on any atom is -0.394 e. The summed E-state index contributed by atoms with van der Waals surface area (Å²) in [6.45, 7) is 8.33. The van der Waals surface area contributed by atoms with Gasteiger partial charge >= 0.3 is 0 Å². The molecule has 2 nitrogen and oxygen atoms in total. The van der Waals surface area contributed by atoms with Crippen LogP contribution in [0.15, 0.2) is 23.1 Å². The van der Waals surface area contributed by atoms with Gasteiger partial charge in [-0.2, -0.15) is 0 Å². The third-order valence-electron chi connectivity index (χ3n) is 2.93. The maximum atomic E-state index is 9.16. The number of aliphatic hydroxyl groups excluding tert-OH is 1. The zero-order valence-corrected chi connectivity index (χ0v) is 12.0. The van der Waals surface area contributed by atoms with Crippen LogP contribution in [0.2, 0.25) is 0 Å². The topological polar surface area (TPSA) is 46.2 Å². The van der Waals surface area contributed by atoms with Crippen molar-refractivity contribution < 1.29 is 5.11 Å². The normalized spacial score (nSPS) is 16.6. The number of hydrogen-bond acceptors (Lipinski definition) is 3. The van der Waals surface area contributed by atoms with Crippen LogP contribution in [0.3, 0.4) is 0 Å². The second-order valence-electron chi connectivity index (χ2n) is 5.19. The van der Waals surface area contributed by atoms with Crippen LogP contribution in [-0.2, 0) is 0 Å². The van der Waals surface area contributed by atoms with Crippen LogP contribution < -0.4 is 5.73 Å². The third-order valence-corrected chi connectivity index (χ3v) is 4.03. The predicted octanol–water partition coefficient (Wildman–Crippen LogP) is 2.88. The summed E-state index contributed by atoms with van der Waals surface area (Å²) in [6, 6.07) is 6.51. The molecule has 17 heavy (non-hydrogen) atoms. The number of benzene rings is 1. The van der Waals surface area contributed by atoms with E-state index < -0.39 is 5.54 Å². The van der Waals surface area contributed by atoms with Gasteiger partial charge in [0.15, 0.2) is 0 Å². The van der Waals surface area contributed by atoms with Gasteiger partial charge in [0.1, 0.15) is 0 Å². The standard InChI is InChI=1S/C14H23NOS/c1-10-5-6-13(7-11(10)2)17-12(3)8-14(4,15)9-16/h5-7,12,16H,8-9,15H2,1-4H3. The molecule has 2 unspecified atom stereocenters. The van der Waals surface area contributed by atoms with Gasteiger partial charge < -0.3 is 10.8 Å². The van der Waals surface area contributed by atoms with Gasteiger partial charge in [0.25, 0.3) is 0 Å². The molecule has 3 N–H and O–H groups in total. The lowest BCUT2D eigenvalue weighted by Crippen LogP contribution is -2.42. The molecule has 2 atom stereocenters. The van der Waals surface area contributed by atoms with E-state index in [1.807, 2.05) is 18.7 Å². The van der Waals surface area contributed by atoms with Crippen LogP contribution >= 0.6 is 11.8 Å². The van der Waals surface area contributed by atoms with Crippen molar-refractivity contribution in [3.05, 3.63) is 29.3 Å². The average Bonchev–Trinajstić information content (AvgIpc) is 2.23. The minimum atomic E-state index is -0.480.